The molecule has 1 atom stereocenters. The largest absolute Gasteiger partial charge is 0.342 e. The maximum Gasteiger partial charge on any atom is 0.222 e. The molecule has 2 aliphatic heterocycles. The van der Waals surface area contributed by atoms with Gasteiger partial charge in [0.25, 0.3) is 0 Å². The molecule has 0 bridgehead atoms. The summed E-state index contributed by atoms with van der Waals surface area (Å²) >= 11 is 0. The van der Waals surface area contributed by atoms with Crippen LogP contribution in [0.2, 0.25) is 0 Å². The van der Waals surface area contributed by atoms with Crippen LogP contribution in [0.3, 0.4) is 0 Å². The molecular weight excluding hydrogens is 238 g/mol. The number of nitrogens with one attached hydrogen (secondary N) is 1. The van der Waals surface area contributed by atoms with Crippen molar-refractivity contribution in [2.45, 2.75) is 52.0 Å². The fourth-order valence-corrected chi connectivity index (χ4v) is 3.24. The van der Waals surface area contributed by atoms with E-state index in [4.69, 9.17) is 5.73 Å². The summed E-state index contributed by atoms with van der Waals surface area (Å²) in [6.45, 7) is 8.23. The van der Waals surface area contributed by atoms with Gasteiger partial charge < -0.3 is 16.0 Å². The number of likely N-dealkylation sites (tertiary alicyclic amines) is 1. The minimum Gasteiger partial charge on any atom is -0.342 e. The highest BCUT2D eigenvalue weighted by atomic mass is 16.2. The average Bonchev–Trinajstić information content (AvgIpc) is 2.40. The molecule has 0 aromatic rings. The molecule has 4 heteroatoms. The van der Waals surface area contributed by atoms with Crippen LogP contribution in [0.1, 0.15) is 46.0 Å². The summed E-state index contributed by atoms with van der Waals surface area (Å²) < 4.78 is 0. The van der Waals surface area contributed by atoms with Crippen LogP contribution in [0.5, 0.6) is 0 Å². The normalized spacial score (nSPS) is 28.4. The van der Waals surface area contributed by atoms with Crippen LogP contribution in [0.25, 0.3) is 0 Å². The number of hydrogen-bond donors (Lipinski definition) is 2. The maximum absolute atomic E-state index is 12.3. The van der Waals surface area contributed by atoms with Gasteiger partial charge in [-0.2, -0.15) is 0 Å². The number of carbonyl (C=O) groups is 1. The first-order valence-corrected chi connectivity index (χ1v) is 7.73. The average molecular weight is 267 g/mol. The number of carbonyl (C=O) groups excluding carboxylic acids is 1. The molecule has 1 amide bonds. The molecule has 0 aromatic heterocycles. The Kier molecular flexibility index (Phi) is 4.85. The predicted octanol–water partition coefficient (Wildman–Crippen LogP) is 1.35. The molecule has 2 heterocycles. The quantitative estimate of drug-likeness (QED) is 0.811. The highest BCUT2D eigenvalue weighted by molar-refractivity contribution is 5.76. The first kappa shape index (κ1) is 14.8. The lowest BCUT2D eigenvalue weighted by atomic mass is 9.79. The van der Waals surface area contributed by atoms with Crippen LogP contribution in [0.4, 0.5) is 0 Å². The van der Waals surface area contributed by atoms with Crippen molar-refractivity contribution < 1.29 is 4.79 Å². The Hall–Kier alpha value is -0.610. The van der Waals surface area contributed by atoms with Gasteiger partial charge in [0.05, 0.1) is 0 Å². The van der Waals surface area contributed by atoms with Gasteiger partial charge in [-0.25, -0.2) is 0 Å². The Morgan fingerprint density at radius 3 is 2.63 bits per heavy atom. The number of nitrogens with two attached hydrogens (primary N) is 1. The second-order valence-electron chi connectivity index (χ2n) is 6.93. The molecule has 110 valence electrons. The molecule has 19 heavy (non-hydrogen) atoms. The first-order valence-electron chi connectivity index (χ1n) is 7.73. The fraction of sp³-hybridized carbons (Fsp3) is 0.933. The molecule has 0 spiro atoms. The number of hydrogen-bond acceptors (Lipinski definition) is 3. The monoisotopic (exact) mass is 267 g/mol. The summed E-state index contributed by atoms with van der Waals surface area (Å²) in [5, 5.41) is 3.37. The standard InChI is InChI=1S/C15H29N3O/c1-15(2)11-18(10-7-13(15)16)14(19)4-3-12-5-8-17-9-6-12/h12-13,17H,3-11,16H2,1-2H3. The molecule has 2 aliphatic rings. The fourth-order valence-electron chi connectivity index (χ4n) is 3.24. The van der Waals surface area contributed by atoms with Crippen LogP contribution < -0.4 is 11.1 Å². The Morgan fingerprint density at radius 2 is 2.00 bits per heavy atom. The van der Waals surface area contributed by atoms with Crippen LogP contribution in [-0.4, -0.2) is 43.0 Å². The molecule has 3 N–H and O–H groups in total. The zero-order valence-electron chi connectivity index (χ0n) is 12.5. The Labute approximate surface area is 117 Å². The van der Waals surface area contributed by atoms with Gasteiger partial charge in [-0.3, -0.25) is 4.79 Å². The lowest BCUT2D eigenvalue weighted by Gasteiger charge is -2.42. The highest BCUT2D eigenvalue weighted by Gasteiger charge is 2.35. The van der Waals surface area contributed by atoms with Gasteiger partial charge in [0, 0.05) is 25.6 Å². The van der Waals surface area contributed by atoms with Crippen LogP contribution >= 0.6 is 0 Å². The minimum absolute atomic E-state index is 0.0582. The van der Waals surface area contributed by atoms with Crippen molar-refractivity contribution in [2.24, 2.45) is 17.1 Å². The Balaban J connectivity index is 1.76. The van der Waals surface area contributed by atoms with Gasteiger partial charge in [0.15, 0.2) is 0 Å². The SMILES string of the molecule is CC1(C)CN(C(=O)CCC2CCNCC2)CCC1N. The molecule has 0 aliphatic carbocycles. The van der Waals surface area contributed by atoms with Gasteiger partial charge in [0.2, 0.25) is 5.91 Å². The summed E-state index contributed by atoms with van der Waals surface area (Å²) in [4.78, 5) is 14.3. The van der Waals surface area contributed by atoms with E-state index in [9.17, 15) is 4.79 Å². The Bertz CT molecular complexity index is 311. The van der Waals surface area contributed by atoms with Crippen molar-refractivity contribution in [3.8, 4) is 0 Å². The van der Waals surface area contributed by atoms with Crippen molar-refractivity contribution >= 4 is 5.91 Å². The lowest BCUT2D eigenvalue weighted by Crippen LogP contribution is -2.54. The summed E-state index contributed by atoms with van der Waals surface area (Å²) in [6, 6.07) is 0.223. The number of piperidine rings is 2. The Morgan fingerprint density at radius 1 is 1.32 bits per heavy atom. The van der Waals surface area contributed by atoms with Crippen LogP contribution in [0.15, 0.2) is 0 Å². The number of rotatable bonds is 3. The third-order valence-electron chi connectivity index (χ3n) is 4.89. The van der Waals surface area contributed by atoms with Gasteiger partial charge in [-0.05, 0) is 50.1 Å². The van der Waals surface area contributed by atoms with E-state index in [0.29, 0.717) is 5.91 Å². The van der Waals surface area contributed by atoms with E-state index in [1.807, 2.05) is 4.90 Å². The van der Waals surface area contributed by atoms with E-state index in [-0.39, 0.29) is 11.5 Å². The second-order valence-corrected chi connectivity index (χ2v) is 6.93. The van der Waals surface area contributed by atoms with E-state index in [0.717, 1.165) is 51.4 Å². The zero-order valence-corrected chi connectivity index (χ0v) is 12.5. The molecule has 0 aromatic carbocycles. The van der Waals surface area contributed by atoms with Gasteiger partial charge in [0.1, 0.15) is 0 Å². The maximum atomic E-state index is 12.3. The van der Waals surface area contributed by atoms with E-state index in [1.165, 1.54) is 12.8 Å². The van der Waals surface area contributed by atoms with E-state index >= 15 is 0 Å². The smallest absolute Gasteiger partial charge is 0.222 e. The van der Waals surface area contributed by atoms with E-state index in [2.05, 4.69) is 19.2 Å². The first-order chi connectivity index (χ1) is 8.99. The highest BCUT2D eigenvalue weighted by Crippen LogP contribution is 2.28. The molecule has 0 radical (unpaired) electrons. The molecule has 2 fully saturated rings. The van der Waals surface area contributed by atoms with Gasteiger partial charge in [-0.1, -0.05) is 13.8 Å². The summed E-state index contributed by atoms with van der Waals surface area (Å²) in [5.41, 5.74) is 6.18. The molecule has 4 nitrogen and oxygen atoms in total. The van der Waals surface area contributed by atoms with Gasteiger partial charge in [-0.15, -0.1) is 0 Å². The summed E-state index contributed by atoms with van der Waals surface area (Å²) in [6.07, 6.45) is 5.17. The summed E-state index contributed by atoms with van der Waals surface area (Å²) in [7, 11) is 0. The van der Waals surface area contributed by atoms with E-state index in [1.54, 1.807) is 0 Å². The van der Waals surface area contributed by atoms with Crippen molar-refractivity contribution in [3.63, 3.8) is 0 Å². The molecular formula is C15H29N3O. The number of nitrogens with zero attached hydrogens (tertiary/aromatic N) is 1. The molecule has 2 saturated heterocycles. The zero-order chi connectivity index (χ0) is 13.9. The topological polar surface area (TPSA) is 58.4 Å². The lowest BCUT2D eigenvalue weighted by molar-refractivity contribution is -0.135. The van der Waals surface area contributed by atoms with Crippen molar-refractivity contribution in [1.29, 1.82) is 0 Å². The second kappa shape index (κ2) is 6.23. The predicted molar refractivity (Wildman–Crippen MR) is 77.8 cm³/mol. The van der Waals surface area contributed by atoms with Gasteiger partial charge >= 0.3 is 0 Å². The third kappa shape index (κ3) is 3.93. The minimum atomic E-state index is 0.0582. The molecule has 1 unspecified atom stereocenters. The van der Waals surface area contributed by atoms with Crippen molar-refractivity contribution in [2.75, 3.05) is 26.2 Å². The van der Waals surface area contributed by atoms with Crippen molar-refractivity contribution in [3.05, 3.63) is 0 Å². The van der Waals surface area contributed by atoms with E-state index < -0.39 is 0 Å². The van der Waals surface area contributed by atoms with Crippen molar-refractivity contribution in [1.82, 2.24) is 10.2 Å². The van der Waals surface area contributed by atoms with Crippen LogP contribution in [0, 0.1) is 11.3 Å². The summed E-state index contributed by atoms with van der Waals surface area (Å²) in [5.74, 6) is 1.07. The molecule has 0 saturated carbocycles. The third-order valence-corrected chi connectivity index (χ3v) is 4.89. The molecule has 2 rings (SSSR count). The number of amides is 1. The van der Waals surface area contributed by atoms with Crippen LogP contribution in [-0.2, 0) is 4.79 Å².